The van der Waals surface area contributed by atoms with Gasteiger partial charge in [-0.2, -0.15) is 0 Å². The molecule has 0 radical (unpaired) electrons. The number of rotatable bonds is 5. The fourth-order valence-electron chi connectivity index (χ4n) is 3.21. The smallest absolute Gasteiger partial charge is 0.173 e. The summed E-state index contributed by atoms with van der Waals surface area (Å²) in [6, 6.07) is 7.39. The van der Waals surface area contributed by atoms with Gasteiger partial charge in [0.05, 0.1) is 11.6 Å². The van der Waals surface area contributed by atoms with Crippen molar-refractivity contribution in [1.29, 1.82) is 0 Å². The van der Waals surface area contributed by atoms with Gasteiger partial charge in [-0.1, -0.05) is 19.1 Å². The van der Waals surface area contributed by atoms with E-state index in [9.17, 15) is 5.11 Å². The molecule has 1 N–H and O–H groups in total. The maximum Gasteiger partial charge on any atom is 0.173 e. The molecule has 0 amide bonds. The summed E-state index contributed by atoms with van der Waals surface area (Å²) < 4.78 is 1.96. The third-order valence-corrected chi connectivity index (χ3v) is 5.29. The first-order chi connectivity index (χ1) is 11.9. The molecule has 25 heavy (non-hydrogen) atoms. The molecule has 136 valence electrons. The van der Waals surface area contributed by atoms with Crippen LogP contribution < -0.4 is 0 Å². The summed E-state index contributed by atoms with van der Waals surface area (Å²) in [6.45, 7) is 10.4. The van der Waals surface area contributed by atoms with Gasteiger partial charge < -0.3 is 10.0 Å². The Morgan fingerprint density at radius 1 is 1.12 bits per heavy atom. The summed E-state index contributed by atoms with van der Waals surface area (Å²) in [5.74, 6) is 1.14. The number of phenols is 1. The Balaban J connectivity index is 2.03. The summed E-state index contributed by atoms with van der Waals surface area (Å²) in [4.78, 5) is 4.77. The van der Waals surface area contributed by atoms with E-state index in [2.05, 4.69) is 53.1 Å². The SMILES string of the molecule is CCC(C)(C)n1nnnc1[C@H](c1ccc(O)cc1)N1CCN(C)CC1. The van der Waals surface area contributed by atoms with E-state index >= 15 is 0 Å². The van der Waals surface area contributed by atoms with Crippen molar-refractivity contribution < 1.29 is 5.11 Å². The Morgan fingerprint density at radius 2 is 1.76 bits per heavy atom. The molecular weight excluding hydrogens is 316 g/mol. The summed E-state index contributed by atoms with van der Waals surface area (Å²) >= 11 is 0. The van der Waals surface area contributed by atoms with Crippen molar-refractivity contribution in [3.63, 3.8) is 0 Å². The van der Waals surface area contributed by atoms with E-state index < -0.39 is 0 Å². The highest BCUT2D eigenvalue weighted by Gasteiger charge is 2.33. The van der Waals surface area contributed by atoms with Crippen LogP contribution in [0.1, 0.15) is 44.6 Å². The second-order valence-corrected chi connectivity index (χ2v) is 7.45. The van der Waals surface area contributed by atoms with Gasteiger partial charge in [-0.3, -0.25) is 4.90 Å². The molecule has 2 aromatic rings. The predicted octanol–water partition coefficient (Wildman–Crippen LogP) is 1.86. The van der Waals surface area contributed by atoms with E-state index in [1.807, 2.05) is 16.8 Å². The molecule has 1 aliphatic heterocycles. The van der Waals surface area contributed by atoms with Gasteiger partial charge in [0.25, 0.3) is 0 Å². The molecule has 1 saturated heterocycles. The maximum absolute atomic E-state index is 9.67. The number of tetrazole rings is 1. The lowest BCUT2D eigenvalue weighted by Gasteiger charge is -2.38. The van der Waals surface area contributed by atoms with Crippen LogP contribution in [-0.2, 0) is 5.54 Å². The topological polar surface area (TPSA) is 70.3 Å². The standard InChI is InChI=1S/C18H28N6O/c1-5-18(2,3)24-17(19-20-21-24)16(14-6-8-15(25)9-7-14)23-12-10-22(4)11-13-23/h6-9,16,25H,5,10-13H2,1-4H3/t16-/m0/s1. The van der Waals surface area contributed by atoms with Crippen LogP contribution in [0.25, 0.3) is 0 Å². The van der Waals surface area contributed by atoms with Gasteiger partial charge in [-0.15, -0.1) is 5.10 Å². The highest BCUT2D eigenvalue weighted by molar-refractivity contribution is 5.31. The van der Waals surface area contributed by atoms with Crippen molar-refractivity contribution in [2.24, 2.45) is 0 Å². The number of aromatic nitrogens is 4. The minimum Gasteiger partial charge on any atom is -0.508 e. The predicted molar refractivity (Wildman–Crippen MR) is 96.4 cm³/mol. The molecule has 0 unspecified atom stereocenters. The molecule has 1 atom stereocenters. The largest absolute Gasteiger partial charge is 0.508 e. The van der Waals surface area contributed by atoms with E-state index in [1.54, 1.807) is 12.1 Å². The number of aromatic hydroxyl groups is 1. The summed E-state index contributed by atoms with van der Waals surface area (Å²) in [5, 5.41) is 22.4. The van der Waals surface area contributed by atoms with Crippen molar-refractivity contribution in [1.82, 2.24) is 30.0 Å². The Labute approximate surface area is 149 Å². The second kappa shape index (κ2) is 7.09. The second-order valence-electron chi connectivity index (χ2n) is 7.45. The molecule has 7 heteroatoms. The zero-order valence-corrected chi connectivity index (χ0v) is 15.6. The van der Waals surface area contributed by atoms with Crippen LogP contribution in [0.2, 0.25) is 0 Å². The van der Waals surface area contributed by atoms with Crippen LogP contribution in [0.3, 0.4) is 0 Å². The third kappa shape index (κ3) is 3.67. The molecule has 0 bridgehead atoms. The summed E-state index contributed by atoms with van der Waals surface area (Å²) in [7, 11) is 2.15. The molecule has 0 saturated carbocycles. The first-order valence-corrected chi connectivity index (χ1v) is 8.92. The quantitative estimate of drug-likeness (QED) is 0.893. The van der Waals surface area contributed by atoms with E-state index in [1.165, 1.54) is 0 Å². The zero-order valence-electron chi connectivity index (χ0n) is 15.6. The van der Waals surface area contributed by atoms with Crippen molar-refractivity contribution in [3.05, 3.63) is 35.7 Å². The van der Waals surface area contributed by atoms with E-state index in [4.69, 9.17) is 0 Å². The molecule has 3 rings (SSSR count). The fraction of sp³-hybridized carbons (Fsp3) is 0.611. The molecule has 7 nitrogen and oxygen atoms in total. The summed E-state index contributed by atoms with van der Waals surface area (Å²) in [6.07, 6.45) is 0.941. The maximum atomic E-state index is 9.67. The first kappa shape index (κ1) is 17.8. The average molecular weight is 344 g/mol. The number of phenolic OH excluding ortho intramolecular Hbond substituents is 1. The number of piperazine rings is 1. The van der Waals surface area contributed by atoms with Crippen molar-refractivity contribution in [2.75, 3.05) is 33.2 Å². The number of benzene rings is 1. The van der Waals surface area contributed by atoms with Gasteiger partial charge in [-0.05, 0) is 55.4 Å². The highest BCUT2D eigenvalue weighted by atomic mass is 16.3. The Hall–Kier alpha value is -1.99. The van der Waals surface area contributed by atoms with Gasteiger partial charge in [0.1, 0.15) is 5.75 Å². The van der Waals surface area contributed by atoms with Gasteiger partial charge in [0, 0.05) is 26.2 Å². The Kier molecular flexibility index (Phi) is 5.06. The number of likely N-dealkylation sites (N-methyl/N-ethyl adjacent to an activating group) is 1. The molecule has 1 fully saturated rings. The van der Waals surface area contributed by atoms with Crippen molar-refractivity contribution in [2.45, 2.75) is 38.8 Å². The van der Waals surface area contributed by atoms with Gasteiger partial charge >= 0.3 is 0 Å². The summed E-state index contributed by atoms with van der Waals surface area (Å²) in [5.41, 5.74) is 0.950. The Morgan fingerprint density at radius 3 is 2.36 bits per heavy atom. The molecule has 0 spiro atoms. The van der Waals surface area contributed by atoms with Crippen molar-refractivity contribution in [3.8, 4) is 5.75 Å². The van der Waals surface area contributed by atoms with Crippen LogP contribution >= 0.6 is 0 Å². The fourth-order valence-corrected chi connectivity index (χ4v) is 3.21. The molecular formula is C18H28N6O. The molecule has 0 aliphatic carbocycles. The molecule has 1 aromatic heterocycles. The van der Waals surface area contributed by atoms with Crippen LogP contribution in [-0.4, -0.2) is 68.3 Å². The average Bonchev–Trinajstić information content (AvgIpc) is 3.09. The minimum atomic E-state index is -0.152. The lowest BCUT2D eigenvalue weighted by atomic mass is 9.99. The lowest BCUT2D eigenvalue weighted by molar-refractivity contribution is 0.117. The normalized spacial score (nSPS) is 18.4. The number of hydrogen-bond donors (Lipinski definition) is 1. The van der Waals surface area contributed by atoms with Gasteiger partial charge in [-0.25, -0.2) is 4.68 Å². The third-order valence-electron chi connectivity index (χ3n) is 5.29. The van der Waals surface area contributed by atoms with E-state index in [-0.39, 0.29) is 17.3 Å². The Bertz CT molecular complexity index is 688. The van der Waals surface area contributed by atoms with Crippen LogP contribution in [0.15, 0.2) is 24.3 Å². The number of hydrogen-bond acceptors (Lipinski definition) is 6. The lowest BCUT2D eigenvalue weighted by Crippen LogP contribution is -2.47. The minimum absolute atomic E-state index is 0.0184. The molecule has 1 aromatic carbocycles. The van der Waals surface area contributed by atoms with E-state index in [0.29, 0.717) is 0 Å². The van der Waals surface area contributed by atoms with Crippen LogP contribution in [0, 0.1) is 0 Å². The van der Waals surface area contributed by atoms with E-state index in [0.717, 1.165) is 44.0 Å². The monoisotopic (exact) mass is 344 g/mol. The van der Waals surface area contributed by atoms with Gasteiger partial charge in [0.2, 0.25) is 0 Å². The number of nitrogens with zero attached hydrogens (tertiary/aromatic N) is 6. The zero-order chi connectivity index (χ0) is 18.0. The molecule has 1 aliphatic rings. The first-order valence-electron chi connectivity index (χ1n) is 8.92. The van der Waals surface area contributed by atoms with Gasteiger partial charge in [0.15, 0.2) is 5.82 Å². The highest BCUT2D eigenvalue weighted by Crippen LogP contribution is 2.32. The van der Waals surface area contributed by atoms with Crippen LogP contribution in [0.4, 0.5) is 0 Å². The van der Waals surface area contributed by atoms with Crippen LogP contribution in [0.5, 0.6) is 5.75 Å². The molecule has 2 heterocycles. The van der Waals surface area contributed by atoms with Crippen molar-refractivity contribution >= 4 is 0 Å².